The standard InChI is InChI=1S/C13H29N3O2S/c1-12(2)5-8-15(4)19(17,18)16-9-6-13(7-10-16)11-14-3/h12-14H,5-11H2,1-4H3. The lowest BCUT2D eigenvalue weighted by Crippen LogP contribution is -2.46. The molecular weight excluding hydrogens is 262 g/mol. The Morgan fingerprint density at radius 3 is 2.37 bits per heavy atom. The van der Waals surface area contributed by atoms with Crippen molar-refractivity contribution in [3.05, 3.63) is 0 Å². The van der Waals surface area contributed by atoms with Crippen molar-refractivity contribution in [1.82, 2.24) is 13.9 Å². The van der Waals surface area contributed by atoms with Gasteiger partial charge in [-0.25, -0.2) is 0 Å². The lowest BCUT2D eigenvalue weighted by molar-refractivity contribution is 0.255. The molecule has 0 aromatic rings. The summed E-state index contributed by atoms with van der Waals surface area (Å²) in [4.78, 5) is 0. The second-order valence-electron chi connectivity index (χ2n) is 5.91. The van der Waals surface area contributed by atoms with Gasteiger partial charge in [-0.05, 0) is 44.7 Å². The molecule has 0 unspecified atom stereocenters. The van der Waals surface area contributed by atoms with E-state index in [4.69, 9.17) is 0 Å². The van der Waals surface area contributed by atoms with Crippen LogP contribution in [0.4, 0.5) is 0 Å². The van der Waals surface area contributed by atoms with Crippen LogP contribution >= 0.6 is 0 Å². The summed E-state index contributed by atoms with van der Waals surface area (Å²) < 4.78 is 27.9. The van der Waals surface area contributed by atoms with Crippen molar-refractivity contribution in [3.8, 4) is 0 Å². The van der Waals surface area contributed by atoms with Crippen LogP contribution in [0.3, 0.4) is 0 Å². The summed E-state index contributed by atoms with van der Waals surface area (Å²) in [5.74, 6) is 1.14. The van der Waals surface area contributed by atoms with Crippen LogP contribution in [0, 0.1) is 11.8 Å². The van der Waals surface area contributed by atoms with Crippen molar-refractivity contribution in [3.63, 3.8) is 0 Å². The minimum atomic E-state index is -3.25. The van der Waals surface area contributed by atoms with Crippen molar-refractivity contribution in [2.75, 3.05) is 40.3 Å². The topological polar surface area (TPSA) is 52.7 Å². The molecule has 1 N–H and O–H groups in total. The maximum Gasteiger partial charge on any atom is 0.281 e. The van der Waals surface area contributed by atoms with Crippen LogP contribution in [0.25, 0.3) is 0 Å². The van der Waals surface area contributed by atoms with Crippen molar-refractivity contribution in [2.24, 2.45) is 11.8 Å². The molecule has 0 bridgehead atoms. The van der Waals surface area contributed by atoms with E-state index in [1.165, 1.54) is 4.31 Å². The number of piperidine rings is 1. The Morgan fingerprint density at radius 2 is 1.89 bits per heavy atom. The molecule has 5 nitrogen and oxygen atoms in total. The van der Waals surface area contributed by atoms with Crippen LogP contribution in [0.15, 0.2) is 0 Å². The summed E-state index contributed by atoms with van der Waals surface area (Å²) in [6.45, 7) is 7.13. The van der Waals surface area contributed by atoms with Crippen LogP contribution in [0.1, 0.15) is 33.1 Å². The molecule has 6 heteroatoms. The Bertz CT molecular complexity index is 349. The molecule has 0 radical (unpaired) electrons. The first kappa shape index (κ1) is 16.9. The number of hydrogen-bond donors (Lipinski definition) is 1. The number of nitrogens with one attached hydrogen (secondary N) is 1. The quantitative estimate of drug-likeness (QED) is 0.765. The van der Waals surface area contributed by atoms with Crippen LogP contribution in [-0.4, -0.2) is 57.3 Å². The van der Waals surface area contributed by atoms with E-state index in [1.807, 2.05) is 7.05 Å². The lowest BCUT2D eigenvalue weighted by Gasteiger charge is -2.33. The van der Waals surface area contributed by atoms with Gasteiger partial charge in [-0.1, -0.05) is 13.8 Å². The average molecular weight is 291 g/mol. The summed E-state index contributed by atoms with van der Waals surface area (Å²) in [7, 11) is 0.389. The van der Waals surface area contributed by atoms with Crippen molar-refractivity contribution in [2.45, 2.75) is 33.1 Å². The van der Waals surface area contributed by atoms with Gasteiger partial charge in [0.1, 0.15) is 0 Å². The van der Waals surface area contributed by atoms with Crippen molar-refractivity contribution in [1.29, 1.82) is 0 Å². The molecule has 1 saturated heterocycles. The Morgan fingerprint density at radius 1 is 1.32 bits per heavy atom. The molecule has 0 aliphatic carbocycles. The first-order chi connectivity index (χ1) is 8.87. The molecular formula is C13H29N3O2S. The first-order valence-corrected chi connectivity index (χ1v) is 8.63. The van der Waals surface area contributed by atoms with Crippen molar-refractivity contribution >= 4 is 10.2 Å². The Kier molecular flexibility index (Phi) is 6.73. The highest BCUT2D eigenvalue weighted by molar-refractivity contribution is 7.86. The second kappa shape index (κ2) is 7.57. The van der Waals surface area contributed by atoms with Crippen LogP contribution in [0.5, 0.6) is 0 Å². The number of nitrogens with zero attached hydrogens (tertiary/aromatic N) is 2. The highest BCUT2D eigenvalue weighted by Crippen LogP contribution is 2.20. The summed E-state index contributed by atoms with van der Waals surface area (Å²) in [6.07, 6.45) is 2.82. The Hall–Kier alpha value is -0.170. The fraction of sp³-hybridized carbons (Fsp3) is 1.00. The van der Waals surface area contributed by atoms with Gasteiger partial charge in [0, 0.05) is 26.7 Å². The molecule has 0 amide bonds. The smallest absolute Gasteiger partial charge is 0.281 e. The van der Waals surface area contributed by atoms with E-state index in [0.717, 1.165) is 25.8 Å². The zero-order chi connectivity index (χ0) is 14.5. The predicted molar refractivity (Wildman–Crippen MR) is 79.2 cm³/mol. The highest BCUT2D eigenvalue weighted by atomic mass is 32.2. The highest BCUT2D eigenvalue weighted by Gasteiger charge is 2.30. The molecule has 1 heterocycles. The van der Waals surface area contributed by atoms with E-state index >= 15 is 0 Å². The maximum absolute atomic E-state index is 12.4. The largest absolute Gasteiger partial charge is 0.319 e. The fourth-order valence-corrected chi connectivity index (χ4v) is 3.79. The average Bonchev–Trinajstić information content (AvgIpc) is 2.36. The number of rotatable bonds is 7. The van der Waals surface area contributed by atoms with Gasteiger partial charge in [0.15, 0.2) is 0 Å². The van der Waals surface area contributed by atoms with Gasteiger partial charge < -0.3 is 5.32 Å². The van der Waals surface area contributed by atoms with E-state index in [2.05, 4.69) is 19.2 Å². The molecule has 1 aliphatic rings. The van der Waals surface area contributed by atoms with E-state index in [1.54, 1.807) is 11.4 Å². The third-order valence-electron chi connectivity index (χ3n) is 3.81. The monoisotopic (exact) mass is 291 g/mol. The van der Waals surface area contributed by atoms with Crippen LogP contribution in [0.2, 0.25) is 0 Å². The third-order valence-corrected chi connectivity index (χ3v) is 5.80. The lowest BCUT2D eigenvalue weighted by atomic mass is 9.98. The van der Waals surface area contributed by atoms with Gasteiger partial charge in [0.05, 0.1) is 0 Å². The first-order valence-electron chi connectivity index (χ1n) is 7.24. The molecule has 0 atom stereocenters. The van der Waals surface area contributed by atoms with E-state index in [0.29, 0.717) is 31.5 Å². The van der Waals surface area contributed by atoms with E-state index in [-0.39, 0.29) is 0 Å². The van der Waals surface area contributed by atoms with Crippen LogP contribution in [-0.2, 0) is 10.2 Å². The van der Waals surface area contributed by atoms with Gasteiger partial charge in [0.25, 0.3) is 10.2 Å². The molecule has 0 saturated carbocycles. The van der Waals surface area contributed by atoms with Crippen LogP contribution < -0.4 is 5.32 Å². The zero-order valence-electron chi connectivity index (χ0n) is 12.7. The van der Waals surface area contributed by atoms with Gasteiger partial charge in [-0.2, -0.15) is 17.0 Å². The summed E-state index contributed by atoms with van der Waals surface area (Å²) >= 11 is 0. The molecule has 0 aromatic heterocycles. The molecule has 0 aromatic carbocycles. The minimum Gasteiger partial charge on any atom is -0.319 e. The van der Waals surface area contributed by atoms with Crippen molar-refractivity contribution < 1.29 is 8.42 Å². The molecule has 0 spiro atoms. The second-order valence-corrected chi connectivity index (χ2v) is 7.95. The Labute approximate surface area is 118 Å². The molecule has 19 heavy (non-hydrogen) atoms. The summed E-state index contributed by atoms with van der Waals surface area (Å²) in [5, 5.41) is 3.17. The Balaban J connectivity index is 2.50. The predicted octanol–water partition coefficient (Wildman–Crippen LogP) is 1.14. The van der Waals surface area contributed by atoms with E-state index in [9.17, 15) is 8.42 Å². The molecule has 114 valence electrons. The molecule has 1 fully saturated rings. The van der Waals surface area contributed by atoms with Gasteiger partial charge in [-0.3, -0.25) is 0 Å². The van der Waals surface area contributed by atoms with Gasteiger partial charge >= 0.3 is 0 Å². The SMILES string of the molecule is CNCC1CCN(S(=O)(=O)N(C)CCC(C)C)CC1. The van der Waals surface area contributed by atoms with Gasteiger partial charge in [-0.15, -0.1) is 0 Å². The summed E-state index contributed by atoms with van der Waals surface area (Å²) in [5.41, 5.74) is 0. The zero-order valence-corrected chi connectivity index (χ0v) is 13.5. The molecule has 1 rings (SSSR count). The van der Waals surface area contributed by atoms with Gasteiger partial charge in [0.2, 0.25) is 0 Å². The van der Waals surface area contributed by atoms with E-state index < -0.39 is 10.2 Å². The normalized spacial score (nSPS) is 19.5. The fourth-order valence-electron chi connectivity index (χ4n) is 2.39. The maximum atomic E-state index is 12.4. The number of hydrogen-bond acceptors (Lipinski definition) is 3. The third kappa shape index (κ3) is 5.02. The summed E-state index contributed by atoms with van der Waals surface area (Å²) in [6, 6.07) is 0. The minimum absolute atomic E-state index is 0.527. The molecule has 1 aliphatic heterocycles.